The molecule has 0 aliphatic rings. The molecule has 0 fully saturated rings. The molecular formula is C58H36ClIrN4. The van der Waals surface area contributed by atoms with Gasteiger partial charge in [0.1, 0.15) is 0 Å². The van der Waals surface area contributed by atoms with E-state index in [1.807, 2.05) is 73.3 Å². The molecule has 0 atom stereocenters. The summed E-state index contributed by atoms with van der Waals surface area (Å²) in [7, 11) is 0. The van der Waals surface area contributed by atoms with Gasteiger partial charge < -0.3 is 22.4 Å². The van der Waals surface area contributed by atoms with Crippen LogP contribution in [0.25, 0.3) is 109 Å². The quantitative estimate of drug-likeness (QED) is 0.128. The molecule has 0 saturated heterocycles. The second kappa shape index (κ2) is 18.5. The van der Waals surface area contributed by atoms with Gasteiger partial charge in [-0.2, -0.15) is 0 Å². The molecule has 64 heavy (non-hydrogen) atoms. The third kappa shape index (κ3) is 7.61. The van der Waals surface area contributed by atoms with Crippen LogP contribution in [-0.4, -0.2) is 19.9 Å². The summed E-state index contributed by atoms with van der Waals surface area (Å²) in [5.74, 6) is 0. The number of hydrogen-bond donors (Lipinski definition) is 0. The summed E-state index contributed by atoms with van der Waals surface area (Å²) in [5, 5.41) is 14.4. The summed E-state index contributed by atoms with van der Waals surface area (Å²) in [4.78, 5) is 18.4. The summed E-state index contributed by atoms with van der Waals surface area (Å²) in [6.45, 7) is 0. The summed E-state index contributed by atoms with van der Waals surface area (Å²) >= 11 is 0. The van der Waals surface area contributed by atoms with Crippen molar-refractivity contribution in [2.75, 3.05) is 0 Å². The van der Waals surface area contributed by atoms with Gasteiger partial charge >= 0.3 is 20.1 Å². The standard InChI is InChI=1S/C24H16N2.2C17H10N.ClH.Ir/c1-3-7-17(8-4-1)19-13-15-25-23-21(19)11-12-22-20(14-16-26-24(22)23)18-9-5-2-6-10-18;2*1-2-7-14-12(6-1)13-8-3-4-9-15(13)17-16(14)10-5-11-18-17;;/h1-16H;2*1-8,10-11H;1H;/q;2*-1;;+3/p-1. The zero-order valence-corrected chi connectivity index (χ0v) is 37.4. The Balaban J connectivity index is 0.000000123. The summed E-state index contributed by atoms with van der Waals surface area (Å²) in [6.07, 6.45) is 7.44. The van der Waals surface area contributed by atoms with Crippen molar-refractivity contribution in [2.45, 2.75) is 0 Å². The van der Waals surface area contributed by atoms with Crippen molar-refractivity contribution in [3.05, 3.63) is 231 Å². The Kier molecular flexibility index (Phi) is 12.1. The fourth-order valence-corrected chi connectivity index (χ4v) is 8.83. The molecule has 304 valence electrons. The molecule has 4 heterocycles. The van der Waals surface area contributed by atoms with Crippen molar-refractivity contribution in [1.29, 1.82) is 0 Å². The molecule has 4 aromatic heterocycles. The van der Waals surface area contributed by atoms with Crippen LogP contribution in [0.3, 0.4) is 0 Å². The molecule has 13 aromatic rings. The topological polar surface area (TPSA) is 51.6 Å². The minimum atomic E-state index is 0. The van der Waals surface area contributed by atoms with Gasteiger partial charge in [-0.05, 0) is 79.1 Å². The maximum absolute atomic E-state index is 4.67. The summed E-state index contributed by atoms with van der Waals surface area (Å²) in [6, 6.07) is 73.4. The van der Waals surface area contributed by atoms with E-state index in [9.17, 15) is 0 Å². The van der Waals surface area contributed by atoms with Crippen LogP contribution in [-0.2, 0) is 20.1 Å². The van der Waals surface area contributed by atoms with Gasteiger partial charge in [0.2, 0.25) is 0 Å². The predicted octanol–water partition coefficient (Wildman–Crippen LogP) is 11.8. The van der Waals surface area contributed by atoms with E-state index in [0.29, 0.717) is 0 Å². The fourth-order valence-electron chi connectivity index (χ4n) is 8.83. The average molecular weight is 1020 g/mol. The monoisotopic (exact) mass is 1020 g/mol. The van der Waals surface area contributed by atoms with Crippen LogP contribution >= 0.6 is 0 Å². The largest absolute Gasteiger partial charge is 3.00 e. The Morgan fingerprint density at radius 1 is 0.266 bits per heavy atom. The second-order valence-corrected chi connectivity index (χ2v) is 15.1. The first-order chi connectivity index (χ1) is 30.8. The van der Waals surface area contributed by atoms with Crippen molar-refractivity contribution in [3.63, 3.8) is 0 Å². The maximum Gasteiger partial charge on any atom is 3.00 e. The number of nitrogens with zero attached hydrogens (tertiary/aromatic N) is 4. The minimum absolute atomic E-state index is 0. The molecule has 6 heteroatoms. The molecule has 0 bridgehead atoms. The molecular weight excluding hydrogens is 980 g/mol. The first-order valence-corrected chi connectivity index (χ1v) is 20.7. The van der Waals surface area contributed by atoms with Gasteiger partial charge in [-0.15, -0.1) is 59.3 Å². The van der Waals surface area contributed by atoms with Crippen LogP contribution in [0.1, 0.15) is 0 Å². The number of pyridine rings is 4. The number of benzene rings is 9. The first kappa shape index (κ1) is 41.9. The van der Waals surface area contributed by atoms with E-state index < -0.39 is 0 Å². The molecule has 4 nitrogen and oxygen atoms in total. The van der Waals surface area contributed by atoms with Crippen molar-refractivity contribution >= 4 is 86.7 Å². The second-order valence-electron chi connectivity index (χ2n) is 15.1. The zero-order valence-electron chi connectivity index (χ0n) is 34.3. The predicted molar refractivity (Wildman–Crippen MR) is 259 cm³/mol. The molecule has 0 aliphatic carbocycles. The Morgan fingerprint density at radius 3 is 1.03 bits per heavy atom. The number of aromatic nitrogens is 4. The van der Waals surface area contributed by atoms with Gasteiger partial charge in [0.05, 0.1) is 11.0 Å². The Hall–Kier alpha value is -7.40. The van der Waals surface area contributed by atoms with Gasteiger partial charge in [-0.25, -0.2) is 0 Å². The Labute approximate surface area is 390 Å². The van der Waals surface area contributed by atoms with Crippen molar-refractivity contribution < 1.29 is 32.5 Å². The number of halogens is 1. The van der Waals surface area contributed by atoms with Crippen LogP contribution in [0.4, 0.5) is 0 Å². The van der Waals surface area contributed by atoms with Gasteiger partial charge in [-0.1, -0.05) is 155 Å². The van der Waals surface area contributed by atoms with Crippen LogP contribution in [0.2, 0.25) is 0 Å². The average Bonchev–Trinajstić information content (AvgIpc) is 3.37. The maximum atomic E-state index is 4.67. The summed E-state index contributed by atoms with van der Waals surface area (Å²) < 4.78 is 0. The van der Waals surface area contributed by atoms with E-state index in [1.165, 1.54) is 65.3 Å². The van der Waals surface area contributed by atoms with Gasteiger partial charge in [0.15, 0.2) is 0 Å². The molecule has 0 aliphatic heterocycles. The number of rotatable bonds is 2. The summed E-state index contributed by atoms with van der Waals surface area (Å²) in [5.41, 5.74) is 8.72. The molecule has 0 unspecified atom stereocenters. The van der Waals surface area contributed by atoms with Crippen LogP contribution < -0.4 is 12.4 Å². The number of hydrogen-bond acceptors (Lipinski definition) is 4. The van der Waals surface area contributed by atoms with Crippen LogP contribution in [0, 0.1) is 12.1 Å². The van der Waals surface area contributed by atoms with Crippen molar-refractivity contribution in [1.82, 2.24) is 19.9 Å². The zero-order chi connectivity index (χ0) is 41.2. The van der Waals surface area contributed by atoms with Crippen LogP contribution in [0.15, 0.2) is 219 Å². The van der Waals surface area contributed by atoms with Crippen molar-refractivity contribution in [2.24, 2.45) is 0 Å². The molecule has 0 amide bonds. The minimum Gasteiger partial charge on any atom is -1.00 e. The molecule has 0 N–H and O–H groups in total. The first-order valence-electron chi connectivity index (χ1n) is 20.7. The van der Waals surface area contributed by atoms with Crippen LogP contribution in [0.5, 0.6) is 0 Å². The van der Waals surface area contributed by atoms with E-state index >= 15 is 0 Å². The van der Waals surface area contributed by atoms with Gasteiger partial charge in [0, 0.05) is 35.6 Å². The molecule has 9 aromatic carbocycles. The third-order valence-corrected chi connectivity index (χ3v) is 11.6. The molecule has 13 rings (SSSR count). The van der Waals surface area contributed by atoms with E-state index in [0.717, 1.165) is 43.6 Å². The van der Waals surface area contributed by atoms with E-state index in [2.05, 4.69) is 178 Å². The van der Waals surface area contributed by atoms with Gasteiger partial charge in [0.25, 0.3) is 0 Å². The smallest absolute Gasteiger partial charge is 1.00 e. The molecule has 0 radical (unpaired) electrons. The fraction of sp³-hybridized carbons (Fsp3) is 0. The molecule has 0 spiro atoms. The SMILES string of the molecule is [Cl-].[Ir+3].[c-]1cccc2c1c1ncccc1c1ccccc21.[c-]1cccc2c1c1ncccc1c1ccccc21.c1ccc(-c2ccnc3c2ccc2c(-c4ccccc4)ccnc23)cc1. The Morgan fingerprint density at radius 2 is 0.609 bits per heavy atom. The molecule has 0 saturated carbocycles. The normalized spacial score (nSPS) is 10.9. The third-order valence-electron chi connectivity index (χ3n) is 11.6. The number of fused-ring (bicyclic) bond motifs is 15. The van der Waals surface area contributed by atoms with E-state index in [1.54, 1.807) is 0 Å². The van der Waals surface area contributed by atoms with Crippen molar-refractivity contribution in [3.8, 4) is 22.3 Å². The van der Waals surface area contributed by atoms with E-state index in [4.69, 9.17) is 0 Å². The van der Waals surface area contributed by atoms with Gasteiger partial charge in [-0.3, -0.25) is 9.97 Å². The van der Waals surface area contributed by atoms with E-state index in [-0.39, 0.29) is 32.5 Å². The Bertz CT molecular complexity index is 3080.